The number of nitrogens with zero attached hydrogens (tertiary/aromatic N) is 2. The molecule has 1 unspecified atom stereocenters. The summed E-state index contributed by atoms with van der Waals surface area (Å²) < 4.78 is 17.8. The quantitative estimate of drug-likeness (QED) is 0.754. The maximum absolute atomic E-state index is 5.66. The van der Waals surface area contributed by atoms with E-state index in [-0.39, 0.29) is 6.10 Å². The Labute approximate surface area is 79.8 Å². The lowest BCUT2D eigenvalue weighted by Gasteiger charge is -2.10. The molecule has 0 spiro atoms. The van der Waals surface area contributed by atoms with Crippen molar-refractivity contribution in [3.8, 4) is 5.88 Å². The molecular weight excluding hydrogens is 200 g/mol. The molecule has 1 aromatic heterocycles. The summed E-state index contributed by atoms with van der Waals surface area (Å²) in [6.45, 7) is 2.38. The Morgan fingerprint density at radius 1 is 1.58 bits per heavy atom. The minimum Gasteiger partial charge on any atom is -0.469 e. The van der Waals surface area contributed by atoms with E-state index in [9.17, 15) is 0 Å². The number of rotatable bonds is 4. The molecule has 0 saturated carbocycles. The van der Waals surface area contributed by atoms with Crippen LogP contribution in [0.4, 0.5) is 0 Å². The van der Waals surface area contributed by atoms with E-state index in [2.05, 4.69) is 8.75 Å². The van der Waals surface area contributed by atoms with Crippen LogP contribution >= 0.6 is 23.3 Å². The molecule has 1 heterocycles. The molecule has 0 N–H and O–H groups in total. The molecule has 6 heteroatoms. The second kappa shape index (κ2) is 4.59. The van der Waals surface area contributed by atoms with Gasteiger partial charge >= 0.3 is 0 Å². The van der Waals surface area contributed by atoms with Crippen LogP contribution < -0.4 is 4.74 Å². The Hall–Kier alpha value is -0.390. The highest BCUT2D eigenvalue weighted by Gasteiger charge is 2.10. The topological polar surface area (TPSA) is 44.2 Å². The third-order valence-corrected chi connectivity index (χ3v) is 1.99. The van der Waals surface area contributed by atoms with Crippen molar-refractivity contribution in [2.45, 2.75) is 13.0 Å². The smallest absolute Gasteiger partial charge is 0.265 e. The SMILES string of the molecule is COCC(C)Oc1nsnc1Cl. The van der Waals surface area contributed by atoms with Gasteiger partial charge in [0.25, 0.3) is 5.88 Å². The van der Waals surface area contributed by atoms with Gasteiger partial charge in [0.1, 0.15) is 6.10 Å². The third-order valence-electron chi connectivity index (χ3n) is 1.14. The molecule has 12 heavy (non-hydrogen) atoms. The molecule has 68 valence electrons. The zero-order valence-electron chi connectivity index (χ0n) is 6.78. The van der Waals surface area contributed by atoms with E-state index in [1.807, 2.05) is 6.92 Å². The van der Waals surface area contributed by atoms with Gasteiger partial charge in [-0.25, -0.2) is 0 Å². The van der Waals surface area contributed by atoms with Crippen LogP contribution in [0.15, 0.2) is 0 Å². The molecule has 0 fully saturated rings. The fourth-order valence-electron chi connectivity index (χ4n) is 0.699. The number of halogens is 1. The van der Waals surface area contributed by atoms with Crippen molar-refractivity contribution < 1.29 is 9.47 Å². The molecule has 0 aliphatic carbocycles. The fraction of sp³-hybridized carbons (Fsp3) is 0.667. The monoisotopic (exact) mass is 208 g/mol. The van der Waals surface area contributed by atoms with Crippen molar-refractivity contribution in [1.82, 2.24) is 8.75 Å². The van der Waals surface area contributed by atoms with Crippen molar-refractivity contribution >= 4 is 23.3 Å². The predicted octanol–water partition coefficient (Wildman–Crippen LogP) is 1.61. The Balaban J connectivity index is 2.46. The first-order chi connectivity index (χ1) is 5.74. The molecule has 1 atom stereocenters. The van der Waals surface area contributed by atoms with Gasteiger partial charge in [-0.3, -0.25) is 0 Å². The van der Waals surface area contributed by atoms with Gasteiger partial charge < -0.3 is 9.47 Å². The van der Waals surface area contributed by atoms with Gasteiger partial charge in [-0.1, -0.05) is 11.6 Å². The summed E-state index contributed by atoms with van der Waals surface area (Å²) >= 11 is 6.68. The van der Waals surface area contributed by atoms with Gasteiger partial charge in [0.05, 0.1) is 18.3 Å². The Bertz CT molecular complexity index is 243. The summed E-state index contributed by atoms with van der Waals surface area (Å²) in [5, 5.41) is 0.308. The van der Waals surface area contributed by atoms with E-state index >= 15 is 0 Å². The summed E-state index contributed by atoms with van der Waals surface area (Å²) in [5.74, 6) is 0.381. The zero-order valence-corrected chi connectivity index (χ0v) is 8.35. The molecular formula is C6H9ClN2O2S. The van der Waals surface area contributed by atoms with Crippen molar-refractivity contribution in [2.75, 3.05) is 13.7 Å². The minimum atomic E-state index is -0.0589. The van der Waals surface area contributed by atoms with Crippen LogP contribution in [0.3, 0.4) is 0 Å². The third kappa shape index (κ3) is 2.58. The summed E-state index contributed by atoms with van der Waals surface area (Å²) in [7, 11) is 1.61. The normalized spacial score (nSPS) is 12.9. The van der Waals surface area contributed by atoms with Crippen molar-refractivity contribution in [2.24, 2.45) is 0 Å². The molecule has 4 nitrogen and oxygen atoms in total. The first-order valence-corrected chi connectivity index (χ1v) is 4.48. The minimum absolute atomic E-state index is 0.0589. The molecule has 0 aliphatic heterocycles. The van der Waals surface area contributed by atoms with Gasteiger partial charge in [-0.05, 0) is 6.92 Å². The largest absolute Gasteiger partial charge is 0.469 e. The average Bonchev–Trinajstić information content (AvgIpc) is 2.37. The van der Waals surface area contributed by atoms with E-state index < -0.39 is 0 Å². The number of methoxy groups -OCH3 is 1. The van der Waals surface area contributed by atoms with Gasteiger partial charge in [0.15, 0.2) is 0 Å². The Kier molecular flexibility index (Phi) is 3.71. The van der Waals surface area contributed by atoms with E-state index in [1.54, 1.807) is 7.11 Å². The molecule has 1 aromatic rings. The van der Waals surface area contributed by atoms with E-state index in [0.29, 0.717) is 17.6 Å². The van der Waals surface area contributed by atoms with Crippen LogP contribution in [0.25, 0.3) is 0 Å². The van der Waals surface area contributed by atoms with Crippen molar-refractivity contribution in [3.05, 3.63) is 5.15 Å². The summed E-state index contributed by atoms with van der Waals surface area (Å²) in [6, 6.07) is 0. The second-order valence-electron chi connectivity index (χ2n) is 2.24. The number of ether oxygens (including phenoxy) is 2. The Morgan fingerprint density at radius 3 is 2.83 bits per heavy atom. The first-order valence-electron chi connectivity index (χ1n) is 3.37. The van der Waals surface area contributed by atoms with Gasteiger partial charge in [-0.15, -0.1) is 4.37 Å². The fourth-order valence-corrected chi connectivity index (χ4v) is 1.32. The second-order valence-corrected chi connectivity index (χ2v) is 3.13. The van der Waals surface area contributed by atoms with Gasteiger partial charge in [0, 0.05) is 7.11 Å². The van der Waals surface area contributed by atoms with Gasteiger partial charge in [-0.2, -0.15) is 4.37 Å². The van der Waals surface area contributed by atoms with Crippen LogP contribution in [-0.4, -0.2) is 28.6 Å². The molecule has 0 radical (unpaired) electrons. The van der Waals surface area contributed by atoms with Crippen molar-refractivity contribution in [1.29, 1.82) is 0 Å². The summed E-state index contributed by atoms with van der Waals surface area (Å²) in [4.78, 5) is 0. The average molecular weight is 209 g/mol. The Morgan fingerprint density at radius 2 is 2.33 bits per heavy atom. The van der Waals surface area contributed by atoms with E-state index in [1.165, 1.54) is 0 Å². The lowest BCUT2D eigenvalue weighted by Crippen LogP contribution is -2.18. The van der Waals surface area contributed by atoms with E-state index in [4.69, 9.17) is 21.1 Å². The van der Waals surface area contributed by atoms with Gasteiger partial charge in [0.2, 0.25) is 5.15 Å². The standard InChI is InChI=1S/C6H9ClN2O2S/c1-4(3-10-2)11-6-5(7)8-12-9-6/h4H,3H2,1-2H3. The van der Waals surface area contributed by atoms with Crippen LogP contribution in [-0.2, 0) is 4.74 Å². The zero-order chi connectivity index (χ0) is 8.97. The predicted molar refractivity (Wildman–Crippen MR) is 46.9 cm³/mol. The van der Waals surface area contributed by atoms with Crippen molar-refractivity contribution in [3.63, 3.8) is 0 Å². The highest BCUT2D eigenvalue weighted by atomic mass is 35.5. The van der Waals surface area contributed by atoms with Crippen LogP contribution in [0, 0.1) is 0 Å². The molecule has 0 bridgehead atoms. The van der Waals surface area contributed by atoms with E-state index in [0.717, 1.165) is 11.7 Å². The highest BCUT2D eigenvalue weighted by molar-refractivity contribution is 6.99. The highest BCUT2D eigenvalue weighted by Crippen LogP contribution is 2.21. The molecule has 0 amide bonds. The lowest BCUT2D eigenvalue weighted by molar-refractivity contribution is 0.0896. The summed E-state index contributed by atoms with van der Waals surface area (Å²) in [5.41, 5.74) is 0. The maximum atomic E-state index is 5.66. The summed E-state index contributed by atoms with van der Waals surface area (Å²) in [6.07, 6.45) is -0.0589. The van der Waals surface area contributed by atoms with Crippen LogP contribution in [0.2, 0.25) is 5.15 Å². The molecule has 0 aromatic carbocycles. The maximum Gasteiger partial charge on any atom is 0.265 e. The molecule has 1 rings (SSSR count). The number of hydrogen-bond donors (Lipinski definition) is 0. The van der Waals surface area contributed by atoms with Crippen LogP contribution in [0.5, 0.6) is 5.88 Å². The number of hydrogen-bond acceptors (Lipinski definition) is 5. The molecule has 0 saturated heterocycles. The number of aromatic nitrogens is 2. The molecule has 0 aliphatic rings. The lowest BCUT2D eigenvalue weighted by atomic mass is 10.4. The first kappa shape index (κ1) is 9.70. The van der Waals surface area contributed by atoms with Crippen LogP contribution in [0.1, 0.15) is 6.92 Å².